The SMILES string of the molecule is Cc1cc(Br)c2c(c1)CCc1cc(Br)cnc1[C@@H]2C1CCN(C(=O)CC2CCN(C)CC2)CC1. The smallest absolute Gasteiger partial charge is 0.222 e. The van der Waals surface area contributed by atoms with Gasteiger partial charge in [-0.3, -0.25) is 9.78 Å². The fourth-order valence-electron chi connectivity index (χ4n) is 6.34. The average molecular weight is 589 g/mol. The Hall–Kier alpha value is -1.24. The van der Waals surface area contributed by atoms with Gasteiger partial charge in [-0.05, 0) is 128 Å². The Morgan fingerprint density at radius 3 is 2.44 bits per heavy atom. The Morgan fingerprint density at radius 1 is 1.00 bits per heavy atom. The van der Waals surface area contributed by atoms with Crippen LogP contribution in [0.4, 0.5) is 0 Å². The number of halogens is 2. The van der Waals surface area contributed by atoms with Crippen LogP contribution in [0.5, 0.6) is 0 Å². The molecule has 1 aliphatic carbocycles. The zero-order chi connectivity index (χ0) is 23.8. The molecule has 5 rings (SSSR count). The number of fused-ring (bicyclic) bond motifs is 2. The third-order valence-electron chi connectivity index (χ3n) is 8.26. The Morgan fingerprint density at radius 2 is 1.71 bits per heavy atom. The standard InChI is InChI=1S/C28H35Br2N3O/c1-18-13-21-3-4-22-16-23(29)17-31-28(22)27(26(21)24(30)14-18)20-7-11-33(12-8-20)25(34)15-19-5-9-32(2)10-6-19/h13-14,16-17,19-20,27H,3-12,15H2,1-2H3/t27-/m1/s1. The summed E-state index contributed by atoms with van der Waals surface area (Å²) in [5.74, 6) is 1.70. The van der Waals surface area contributed by atoms with Gasteiger partial charge in [-0.25, -0.2) is 0 Å². The molecule has 0 radical (unpaired) electrons. The van der Waals surface area contributed by atoms with E-state index in [4.69, 9.17) is 4.98 Å². The van der Waals surface area contributed by atoms with Crippen molar-refractivity contribution in [2.75, 3.05) is 33.2 Å². The molecule has 6 heteroatoms. The summed E-state index contributed by atoms with van der Waals surface area (Å²) in [7, 11) is 2.18. The molecule has 0 unspecified atom stereocenters. The molecule has 4 nitrogen and oxygen atoms in total. The number of pyridine rings is 1. The van der Waals surface area contributed by atoms with E-state index in [1.54, 1.807) is 0 Å². The van der Waals surface area contributed by atoms with Gasteiger partial charge in [0.2, 0.25) is 5.91 Å². The molecular formula is C28H35Br2N3O. The van der Waals surface area contributed by atoms with Crippen molar-refractivity contribution in [3.05, 3.63) is 61.3 Å². The van der Waals surface area contributed by atoms with E-state index in [9.17, 15) is 4.79 Å². The van der Waals surface area contributed by atoms with E-state index in [0.717, 1.165) is 75.6 Å². The van der Waals surface area contributed by atoms with Crippen LogP contribution in [-0.4, -0.2) is 53.9 Å². The van der Waals surface area contributed by atoms with Crippen LogP contribution in [0.25, 0.3) is 0 Å². The Labute approximate surface area is 220 Å². The van der Waals surface area contributed by atoms with Crippen LogP contribution >= 0.6 is 31.9 Å². The van der Waals surface area contributed by atoms with Gasteiger partial charge in [-0.15, -0.1) is 0 Å². The van der Waals surface area contributed by atoms with Crippen molar-refractivity contribution < 1.29 is 4.79 Å². The molecule has 1 amide bonds. The zero-order valence-corrected chi connectivity index (χ0v) is 23.5. The minimum Gasteiger partial charge on any atom is -0.343 e. The summed E-state index contributed by atoms with van der Waals surface area (Å²) in [4.78, 5) is 22.6. The molecular weight excluding hydrogens is 554 g/mol. The molecule has 0 bridgehead atoms. The molecule has 34 heavy (non-hydrogen) atoms. The van der Waals surface area contributed by atoms with Gasteiger partial charge in [0.15, 0.2) is 0 Å². The summed E-state index contributed by atoms with van der Waals surface area (Å²) in [5, 5.41) is 0. The molecule has 0 saturated carbocycles. The minimum atomic E-state index is 0.279. The summed E-state index contributed by atoms with van der Waals surface area (Å²) in [6, 6.07) is 6.90. The number of likely N-dealkylation sites (tertiary alicyclic amines) is 2. The molecule has 2 saturated heterocycles. The van der Waals surface area contributed by atoms with E-state index in [0.29, 0.717) is 17.7 Å². The van der Waals surface area contributed by atoms with Crippen molar-refractivity contribution >= 4 is 37.8 Å². The van der Waals surface area contributed by atoms with E-state index in [1.807, 2.05) is 6.20 Å². The number of carbonyl (C=O) groups is 1. The Bertz CT molecular complexity index is 1060. The van der Waals surface area contributed by atoms with Gasteiger partial charge >= 0.3 is 0 Å². The first-order valence-electron chi connectivity index (χ1n) is 12.8. The van der Waals surface area contributed by atoms with Gasteiger partial charge in [0, 0.05) is 40.6 Å². The highest BCUT2D eigenvalue weighted by atomic mass is 79.9. The predicted octanol–water partition coefficient (Wildman–Crippen LogP) is 6.12. The second-order valence-electron chi connectivity index (χ2n) is 10.7. The lowest BCUT2D eigenvalue weighted by atomic mass is 9.76. The summed E-state index contributed by atoms with van der Waals surface area (Å²) in [6.07, 6.45) is 9.15. The van der Waals surface area contributed by atoms with Crippen molar-refractivity contribution in [3.8, 4) is 0 Å². The van der Waals surface area contributed by atoms with Crippen molar-refractivity contribution in [1.82, 2.24) is 14.8 Å². The minimum absolute atomic E-state index is 0.279. The highest BCUT2D eigenvalue weighted by Crippen LogP contribution is 2.45. The number of hydrogen-bond donors (Lipinski definition) is 0. The predicted molar refractivity (Wildman–Crippen MR) is 144 cm³/mol. The lowest BCUT2D eigenvalue weighted by Crippen LogP contribution is -2.41. The van der Waals surface area contributed by atoms with Crippen LogP contribution in [0.15, 0.2) is 33.3 Å². The number of nitrogens with zero attached hydrogens (tertiary/aromatic N) is 3. The number of hydrogen-bond acceptors (Lipinski definition) is 3. The summed E-state index contributed by atoms with van der Waals surface area (Å²) in [5.41, 5.74) is 6.78. The second kappa shape index (κ2) is 10.4. The van der Waals surface area contributed by atoms with E-state index in [-0.39, 0.29) is 5.92 Å². The van der Waals surface area contributed by atoms with E-state index in [1.165, 1.54) is 32.4 Å². The van der Waals surface area contributed by atoms with Gasteiger partial charge in [-0.2, -0.15) is 0 Å². The molecule has 2 fully saturated rings. The number of amides is 1. The summed E-state index contributed by atoms with van der Waals surface area (Å²) in [6.45, 7) is 6.17. The van der Waals surface area contributed by atoms with Gasteiger partial charge in [0.1, 0.15) is 0 Å². The molecule has 1 aromatic carbocycles. The molecule has 0 N–H and O–H groups in total. The van der Waals surface area contributed by atoms with Crippen molar-refractivity contribution in [2.24, 2.45) is 11.8 Å². The second-order valence-corrected chi connectivity index (χ2v) is 12.4. The zero-order valence-electron chi connectivity index (χ0n) is 20.3. The van der Waals surface area contributed by atoms with Crippen molar-refractivity contribution in [2.45, 2.75) is 57.8 Å². The summed E-state index contributed by atoms with van der Waals surface area (Å²) >= 11 is 7.57. The van der Waals surface area contributed by atoms with Gasteiger partial charge < -0.3 is 9.80 Å². The molecule has 2 aliphatic heterocycles. The molecule has 2 aromatic rings. The van der Waals surface area contributed by atoms with Crippen molar-refractivity contribution in [1.29, 1.82) is 0 Å². The maximum atomic E-state index is 13.1. The third kappa shape index (κ3) is 5.15. The first-order valence-corrected chi connectivity index (χ1v) is 14.4. The van der Waals surface area contributed by atoms with Gasteiger partial charge in [0.05, 0.1) is 5.69 Å². The highest BCUT2D eigenvalue weighted by molar-refractivity contribution is 9.10. The average Bonchev–Trinajstić information content (AvgIpc) is 2.97. The third-order valence-corrected chi connectivity index (χ3v) is 9.35. The lowest BCUT2D eigenvalue weighted by Gasteiger charge is -2.38. The van der Waals surface area contributed by atoms with Crippen molar-refractivity contribution in [3.63, 3.8) is 0 Å². The Balaban J connectivity index is 1.35. The normalized spacial score (nSPS) is 22.2. The van der Waals surface area contributed by atoms with Crippen LogP contribution in [0, 0.1) is 18.8 Å². The number of benzene rings is 1. The van der Waals surface area contributed by atoms with Gasteiger partial charge in [0.25, 0.3) is 0 Å². The fourth-order valence-corrected chi connectivity index (χ4v) is 7.58. The van der Waals surface area contributed by atoms with Crippen LogP contribution in [0.3, 0.4) is 0 Å². The van der Waals surface area contributed by atoms with Gasteiger partial charge in [-0.1, -0.05) is 22.0 Å². The number of aryl methyl sites for hydroxylation is 3. The summed E-state index contributed by atoms with van der Waals surface area (Å²) < 4.78 is 2.27. The topological polar surface area (TPSA) is 36.4 Å². The molecule has 1 aromatic heterocycles. The molecule has 3 aliphatic rings. The monoisotopic (exact) mass is 587 g/mol. The van der Waals surface area contributed by atoms with Crippen LogP contribution in [-0.2, 0) is 17.6 Å². The quantitative estimate of drug-likeness (QED) is 0.434. The van der Waals surface area contributed by atoms with Crippen LogP contribution in [0.2, 0.25) is 0 Å². The molecule has 182 valence electrons. The lowest BCUT2D eigenvalue weighted by molar-refractivity contribution is -0.134. The first kappa shape index (κ1) is 24.5. The maximum Gasteiger partial charge on any atom is 0.222 e. The number of rotatable bonds is 3. The number of carbonyl (C=O) groups excluding carboxylic acids is 1. The first-order chi connectivity index (χ1) is 16.4. The molecule has 3 heterocycles. The number of piperidine rings is 2. The van der Waals surface area contributed by atoms with E-state index < -0.39 is 0 Å². The van der Waals surface area contributed by atoms with E-state index in [2.05, 4.69) is 73.8 Å². The fraction of sp³-hybridized carbons (Fsp3) is 0.571. The maximum absolute atomic E-state index is 13.1. The number of aromatic nitrogens is 1. The molecule has 0 spiro atoms. The van der Waals surface area contributed by atoms with Crippen LogP contribution in [0.1, 0.15) is 66.0 Å². The largest absolute Gasteiger partial charge is 0.343 e. The Kier molecular flexibility index (Phi) is 7.48. The van der Waals surface area contributed by atoms with E-state index >= 15 is 0 Å². The highest BCUT2D eigenvalue weighted by Gasteiger charge is 2.36. The van der Waals surface area contributed by atoms with Crippen LogP contribution < -0.4 is 0 Å². The molecule has 1 atom stereocenters.